The zero-order valence-electron chi connectivity index (χ0n) is 11.2. The zero-order chi connectivity index (χ0) is 13.4. The number of nitrogens with two attached hydrogens (primary N) is 1. The number of likely N-dealkylation sites (N-methyl/N-ethyl adjacent to an activating group) is 1. The number of nitrogens with zero attached hydrogens (tertiary/aromatic N) is 1. The van der Waals surface area contributed by atoms with E-state index in [1.165, 1.54) is 23.3 Å². The monoisotopic (exact) mass is 276 g/mol. The number of carbonyl (C=O) groups is 1. The molecule has 1 saturated carbocycles. The largest absolute Gasteiger partial charge is 0.340 e. The first kappa shape index (κ1) is 13.0. The van der Waals surface area contributed by atoms with Crippen LogP contribution in [0.5, 0.6) is 0 Å². The predicted octanol–water partition coefficient (Wildman–Crippen LogP) is 1.90. The van der Waals surface area contributed by atoms with Crippen molar-refractivity contribution in [2.75, 3.05) is 13.6 Å². The molecule has 1 aromatic rings. The maximum atomic E-state index is 12.6. The Morgan fingerprint density at radius 3 is 2.84 bits per heavy atom. The van der Waals surface area contributed by atoms with Crippen molar-refractivity contribution in [2.24, 2.45) is 11.7 Å². The molecule has 3 nitrogen and oxygen atoms in total. The number of carbonyl (C=O) groups excluding carboxylic acids is 1. The van der Waals surface area contributed by atoms with Crippen LogP contribution in [0.25, 0.3) is 0 Å². The third-order valence-corrected chi connectivity index (χ3v) is 5.48. The van der Waals surface area contributed by atoms with E-state index in [2.05, 4.69) is 12.1 Å². The third kappa shape index (κ3) is 2.51. The Morgan fingerprint density at radius 2 is 2.21 bits per heavy atom. The molecule has 2 aliphatic rings. The van der Waals surface area contributed by atoms with E-state index in [1.807, 2.05) is 24.1 Å². The van der Waals surface area contributed by atoms with Crippen LogP contribution in [0.15, 0.2) is 29.2 Å². The molecule has 102 valence electrons. The minimum Gasteiger partial charge on any atom is -0.340 e. The van der Waals surface area contributed by atoms with Crippen LogP contribution in [0.4, 0.5) is 0 Å². The van der Waals surface area contributed by atoms with Gasteiger partial charge in [-0.05, 0) is 36.8 Å². The summed E-state index contributed by atoms with van der Waals surface area (Å²) in [5, 5.41) is 0.0372. The molecule has 0 spiro atoms. The zero-order valence-corrected chi connectivity index (χ0v) is 12.0. The van der Waals surface area contributed by atoms with Gasteiger partial charge in [-0.2, -0.15) is 0 Å². The molecular formula is C15H20N2OS. The summed E-state index contributed by atoms with van der Waals surface area (Å²) in [6.45, 7) is 0.581. The second-order valence-corrected chi connectivity index (χ2v) is 6.75. The van der Waals surface area contributed by atoms with Gasteiger partial charge < -0.3 is 10.6 Å². The first-order chi connectivity index (χ1) is 9.20. The Balaban J connectivity index is 1.68. The summed E-state index contributed by atoms with van der Waals surface area (Å²) >= 11 is 1.70. The molecule has 0 aromatic heterocycles. The number of rotatable bonds is 4. The van der Waals surface area contributed by atoms with E-state index in [4.69, 9.17) is 5.73 Å². The Bertz CT molecular complexity index is 462. The van der Waals surface area contributed by atoms with Crippen LogP contribution in [0, 0.1) is 5.92 Å². The number of thioether (sulfide) groups is 1. The second-order valence-electron chi connectivity index (χ2n) is 5.51. The van der Waals surface area contributed by atoms with Gasteiger partial charge in [-0.3, -0.25) is 4.79 Å². The number of amides is 1. The fourth-order valence-corrected chi connectivity index (χ4v) is 4.15. The molecule has 0 saturated heterocycles. The summed E-state index contributed by atoms with van der Waals surface area (Å²) in [6.07, 6.45) is 3.29. The summed E-state index contributed by atoms with van der Waals surface area (Å²) in [6, 6.07) is 8.54. The highest BCUT2D eigenvalue weighted by Gasteiger charge is 2.38. The van der Waals surface area contributed by atoms with Crippen molar-refractivity contribution in [3.05, 3.63) is 29.8 Å². The van der Waals surface area contributed by atoms with Gasteiger partial charge in [0.05, 0.1) is 5.25 Å². The van der Waals surface area contributed by atoms with E-state index in [0.29, 0.717) is 12.5 Å². The van der Waals surface area contributed by atoms with Crippen LogP contribution < -0.4 is 5.73 Å². The van der Waals surface area contributed by atoms with Gasteiger partial charge in [0.2, 0.25) is 5.91 Å². The van der Waals surface area contributed by atoms with Crippen molar-refractivity contribution < 1.29 is 4.79 Å². The molecule has 2 N–H and O–H groups in total. The lowest BCUT2D eigenvalue weighted by Gasteiger charge is -2.29. The molecular weight excluding hydrogens is 256 g/mol. The maximum absolute atomic E-state index is 12.6. The fraction of sp³-hybridized carbons (Fsp3) is 0.533. The summed E-state index contributed by atoms with van der Waals surface area (Å²) in [5.74, 6) is 0.872. The molecule has 1 heterocycles. The molecule has 1 aromatic carbocycles. The van der Waals surface area contributed by atoms with Crippen molar-refractivity contribution in [2.45, 2.75) is 35.4 Å². The SMILES string of the molecule is CN(C(=O)C1Cc2ccccc2S1)C(CN)C1CC1. The number of fused-ring (bicyclic) bond motifs is 1. The molecule has 0 bridgehead atoms. The molecule has 1 amide bonds. The first-order valence-electron chi connectivity index (χ1n) is 6.92. The molecule has 2 unspecified atom stereocenters. The average Bonchev–Trinajstić information content (AvgIpc) is 3.16. The summed E-state index contributed by atoms with van der Waals surface area (Å²) in [7, 11) is 1.92. The predicted molar refractivity (Wildman–Crippen MR) is 78.1 cm³/mol. The second kappa shape index (κ2) is 5.17. The molecule has 4 heteroatoms. The molecule has 0 radical (unpaired) electrons. The molecule has 19 heavy (non-hydrogen) atoms. The van der Waals surface area contributed by atoms with Gasteiger partial charge in [0.1, 0.15) is 0 Å². The molecule has 2 atom stereocenters. The smallest absolute Gasteiger partial charge is 0.236 e. The van der Waals surface area contributed by atoms with Crippen LogP contribution >= 0.6 is 11.8 Å². The summed E-state index contributed by atoms with van der Waals surface area (Å²) < 4.78 is 0. The molecule has 3 rings (SSSR count). The van der Waals surface area contributed by atoms with Gasteiger partial charge in [0, 0.05) is 24.5 Å². The molecule has 1 fully saturated rings. The van der Waals surface area contributed by atoms with Gasteiger partial charge in [-0.25, -0.2) is 0 Å². The van der Waals surface area contributed by atoms with Crippen molar-refractivity contribution in [1.82, 2.24) is 4.90 Å². The highest BCUT2D eigenvalue weighted by molar-refractivity contribution is 8.01. The Kier molecular flexibility index (Phi) is 3.54. The minimum atomic E-state index is 0.0372. The van der Waals surface area contributed by atoms with Gasteiger partial charge >= 0.3 is 0 Å². The van der Waals surface area contributed by atoms with Crippen molar-refractivity contribution in [1.29, 1.82) is 0 Å². The van der Waals surface area contributed by atoms with E-state index in [-0.39, 0.29) is 17.2 Å². The van der Waals surface area contributed by atoms with Crippen LogP contribution in [0.3, 0.4) is 0 Å². The van der Waals surface area contributed by atoms with Crippen LogP contribution in [-0.4, -0.2) is 35.7 Å². The van der Waals surface area contributed by atoms with Crippen molar-refractivity contribution in [3.63, 3.8) is 0 Å². The number of hydrogen-bond donors (Lipinski definition) is 1. The number of benzene rings is 1. The fourth-order valence-electron chi connectivity index (χ4n) is 2.86. The Morgan fingerprint density at radius 1 is 1.47 bits per heavy atom. The van der Waals surface area contributed by atoms with Crippen LogP contribution in [0.1, 0.15) is 18.4 Å². The Labute approximate surface area is 118 Å². The van der Waals surface area contributed by atoms with E-state index in [9.17, 15) is 4.79 Å². The van der Waals surface area contributed by atoms with Crippen molar-refractivity contribution >= 4 is 17.7 Å². The lowest BCUT2D eigenvalue weighted by atomic mass is 10.1. The van der Waals surface area contributed by atoms with E-state index in [1.54, 1.807) is 11.8 Å². The standard InChI is InChI=1S/C15H20N2OS/c1-17(12(9-16)10-6-7-10)15(18)14-8-11-4-2-3-5-13(11)19-14/h2-5,10,12,14H,6-9,16H2,1H3. The van der Waals surface area contributed by atoms with E-state index < -0.39 is 0 Å². The van der Waals surface area contributed by atoms with Gasteiger partial charge in [-0.15, -0.1) is 11.8 Å². The van der Waals surface area contributed by atoms with Crippen molar-refractivity contribution in [3.8, 4) is 0 Å². The normalized spacial score (nSPS) is 22.9. The van der Waals surface area contributed by atoms with Gasteiger partial charge in [0.25, 0.3) is 0 Å². The van der Waals surface area contributed by atoms with Gasteiger partial charge in [-0.1, -0.05) is 18.2 Å². The Hall–Kier alpha value is -1.00. The van der Waals surface area contributed by atoms with Crippen LogP contribution in [-0.2, 0) is 11.2 Å². The van der Waals surface area contributed by atoms with E-state index >= 15 is 0 Å². The number of hydrogen-bond acceptors (Lipinski definition) is 3. The highest BCUT2D eigenvalue weighted by atomic mass is 32.2. The van der Waals surface area contributed by atoms with Gasteiger partial charge in [0.15, 0.2) is 0 Å². The summed E-state index contributed by atoms with van der Waals surface area (Å²) in [4.78, 5) is 15.8. The maximum Gasteiger partial charge on any atom is 0.236 e. The minimum absolute atomic E-state index is 0.0372. The molecule has 1 aliphatic heterocycles. The molecule has 1 aliphatic carbocycles. The quantitative estimate of drug-likeness (QED) is 0.913. The topological polar surface area (TPSA) is 46.3 Å². The van der Waals surface area contributed by atoms with Crippen LogP contribution in [0.2, 0.25) is 0 Å². The highest BCUT2D eigenvalue weighted by Crippen LogP contribution is 2.39. The lowest BCUT2D eigenvalue weighted by Crippen LogP contribution is -2.46. The summed E-state index contributed by atoms with van der Waals surface area (Å²) in [5.41, 5.74) is 7.14. The van der Waals surface area contributed by atoms with E-state index in [0.717, 1.165) is 6.42 Å². The lowest BCUT2D eigenvalue weighted by molar-refractivity contribution is -0.131. The first-order valence-corrected chi connectivity index (χ1v) is 7.80. The third-order valence-electron chi connectivity index (χ3n) is 4.18. The average molecular weight is 276 g/mol.